The molecule has 0 unspecified atom stereocenters. The van der Waals surface area contributed by atoms with E-state index in [1.807, 2.05) is 12.1 Å². The second-order valence-electron chi connectivity index (χ2n) is 2.98. The number of ether oxygens (including phenoxy) is 1. The highest BCUT2D eigenvalue weighted by Gasteiger charge is 2.02. The van der Waals surface area contributed by atoms with Crippen LogP contribution in [0.5, 0.6) is 11.5 Å². The number of nitrogens with two attached hydrogens (primary N) is 1. The number of hydrogen-bond acceptors (Lipinski definition) is 4. The molecule has 0 atom stereocenters. The van der Waals surface area contributed by atoms with Crippen molar-refractivity contribution in [3.05, 3.63) is 48.5 Å². The van der Waals surface area contributed by atoms with Crippen molar-refractivity contribution in [1.82, 2.24) is 9.97 Å². The van der Waals surface area contributed by atoms with E-state index in [2.05, 4.69) is 9.97 Å². The third-order valence-corrected chi connectivity index (χ3v) is 1.94. The van der Waals surface area contributed by atoms with E-state index >= 15 is 0 Å². The molecule has 0 aliphatic carbocycles. The summed E-state index contributed by atoms with van der Waals surface area (Å²) in [7, 11) is 0. The molecule has 2 rings (SSSR count). The summed E-state index contributed by atoms with van der Waals surface area (Å²) in [6.45, 7) is 0.406. The Kier molecular flexibility index (Phi) is 2.90. The summed E-state index contributed by atoms with van der Waals surface area (Å²) in [6, 6.07) is 5.45. The molecule has 2 N–H and O–H groups in total. The Morgan fingerprint density at radius 3 is 2.73 bits per heavy atom. The van der Waals surface area contributed by atoms with E-state index in [-0.39, 0.29) is 0 Å². The van der Waals surface area contributed by atoms with Gasteiger partial charge in [0.25, 0.3) is 0 Å². The largest absolute Gasteiger partial charge is 0.455 e. The molecule has 0 amide bonds. The average molecular weight is 201 g/mol. The Hall–Kier alpha value is -1.94. The van der Waals surface area contributed by atoms with Crippen molar-refractivity contribution in [2.75, 3.05) is 0 Å². The summed E-state index contributed by atoms with van der Waals surface area (Å²) < 4.78 is 5.62. The zero-order chi connectivity index (χ0) is 10.5. The van der Waals surface area contributed by atoms with Crippen molar-refractivity contribution in [2.45, 2.75) is 6.54 Å². The standard InChI is InChI=1S/C11H11N3O/c12-6-9-7-14-5-3-11(9)15-10-2-1-4-13-8-10/h1-5,7-8H,6,12H2. The van der Waals surface area contributed by atoms with Crippen LogP contribution in [0.3, 0.4) is 0 Å². The van der Waals surface area contributed by atoms with Gasteiger partial charge in [0.2, 0.25) is 0 Å². The molecule has 76 valence electrons. The first-order valence-corrected chi connectivity index (χ1v) is 4.61. The molecule has 0 saturated heterocycles. The van der Waals surface area contributed by atoms with E-state index < -0.39 is 0 Å². The second-order valence-corrected chi connectivity index (χ2v) is 2.98. The molecule has 0 spiro atoms. The van der Waals surface area contributed by atoms with Gasteiger partial charge in [0.1, 0.15) is 11.5 Å². The molecule has 2 aromatic heterocycles. The lowest BCUT2D eigenvalue weighted by Gasteiger charge is -2.08. The van der Waals surface area contributed by atoms with E-state index in [1.165, 1.54) is 0 Å². The molecule has 0 aliphatic heterocycles. The van der Waals surface area contributed by atoms with Crippen molar-refractivity contribution >= 4 is 0 Å². The fraction of sp³-hybridized carbons (Fsp3) is 0.0909. The minimum Gasteiger partial charge on any atom is -0.455 e. The summed E-state index contributed by atoms with van der Waals surface area (Å²) in [6.07, 6.45) is 6.72. The Morgan fingerprint density at radius 1 is 1.13 bits per heavy atom. The van der Waals surface area contributed by atoms with Crippen molar-refractivity contribution in [3.63, 3.8) is 0 Å². The third kappa shape index (κ3) is 2.30. The SMILES string of the molecule is NCc1cnccc1Oc1cccnc1. The van der Waals surface area contributed by atoms with Crippen LogP contribution in [0.1, 0.15) is 5.56 Å². The number of hydrogen-bond donors (Lipinski definition) is 1. The Morgan fingerprint density at radius 2 is 2.00 bits per heavy atom. The highest BCUT2D eigenvalue weighted by molar-refractivity contribution is 5.34. The van der Waals surface area contributed by atoms with Gasteiger partial charge in [-0.1, -0.05) is 0 Å². The van der Waals surface area contributed by atoms with Crippen molar-refractivity contribution in [2.24, 2.45) is 5.73 Å². The lowest BCUT2D eigenvalue weighted by molar-refractivity contribution is 0.473. The van der Waals surface area contributed by atoms with Gasteiger partial charge in [0.05, 0.1) is 6.20 Å². The zero-order valence-corrected chi connectivity index (χ0v) is 8.13. The molecular formula is C11H11N3O. The van der Waals surface area contributed by atoms with E-state index in [9.17, 15) is 0 Å². The van der Waals surface area contributed by atoms with Crippen LogP contribution in [0.4, 0.5) is 0 Å². The van der Waals surface area contributed by atoms with Crippen LogP contribution >= 0.6 is 0 Å². The van der Waals surface area contributed by atoms with E-state index in [4.69, 9.17) is 10.5 Å². The van der Waals surface area contributed by atoms with Gasteiger partial charge >= 0.3 is 0 Å². The van der Waals surface area contributed by atoms with Crippen LogP contribution in [-0.4, -0.2) is 9.97 Å². The van der Waals surface area contributed by atoms with Crippen molar-refractivity contribution in [1.29, 1.82) is 0 Å². The summed E-state index contributed by atoms with van der Waals surface area (Å²) in [5.41, 5.74) is 6.44. The molecule has 2 heterocycles. The highest BCUT2D eigenvalue weighted by Crippen LogP contribution is 2.22. The molecule has 0 aliphatic rings. The Labute approximate surface area is 87.7 Å². The monoisotopic (exact) mass is 201 g/mol. The Balaban J connectivity index is 2.24. The van der Waals surface area contributed by atoms with Gasteiger partial charge in [0, 0.05) is 30.7 Å². The van der Waals surface area contributed by atoms with Gasteiger partial charge in [-0.15, -0.1) is 0 Å². The maximum absolute atomic E-state index is 5.62. The van der Waals surface area contributed by atoms with Crippen LogP contribution in [-0.2, 0) is 6.54 Å². The summed E-state index contributed by atoms with van der Waals surface area (Å²) in [5.74, 6) is 1.42. The van der Waals surface area contributed by atoms with E-state index in [0.29, 0.717) is 12.3 Å². The lowest BCUT2D eigenvalue weighted by Crippen LogP contribution is -1.99. The van der Waals surface area contributed by atoms with Crippen molar-refractivity contribution < 1.29 is 4.74 Å². The van der Waals surface area contributed by atoms with Crippen LogP contribution in [0.15, 0.2) is 43.0 Å². The van der Waals surface area contributed by atoms with Crippen LogP contribution in [0.2, 0.25) is 0 Å². The normalized spacial score (nSPS) is 9.93. The third-order valence-electron chi connectivity index (χ3n) is 1.94. The molecule has 0 fully saturated rings. The summed E-state index contributed by atoms with van der Waals surface area (Å²) >= 11 is 0. The van der Waals surface area contributed by atoms with Gasteiger partial charge in [-0.05, 0) is 18.2 Å². The zero-order valence-electron chi connectivity index (χ0n) is 8.13. The minimum atomic E-state index is 0.406. The average Bonchev–Trinajstić information content (AvgIpc) is 2.31. The maximum atomic E-state index is 5.62. The summed E-state index contributed by atoms with van der Waals surface area (Å²) in [5, 5.41) is 0. The first kappa shape index (κ1) is 9.61. The van der Waals surface area contributed by atoms with Gasteiger partial charge in [-0.2, -0.15) is 0 Å². The molecular weight excluding hydrogens is 190 g/mol. The van der Waals surface area contributed by atoms with E-state index in [1.54, 1.807) is 30.9 Å². The molecule has 0 aromatic carbocycles. The van der Waals surface area contributed by atoms with Gasteiger partial charge in [-0.25, -0.2) is 0 Å². The van der Waals surface area contributed by atoms with Crippen molar-refractivity contribution in [3.8, 4) is 11.5 Å². The Bertz CT molecular complexity index is 431. The lowest BCUT2D eigenvalue weighted by atomic mass is 10.2. The first-order chi connectivity index (χ1) is 7.40. The van der Waals surface area contributed by atoms with Crippen LogP contribution < -0.4 is 10.5 Å². The topological polar surface area (TPSA) is 61.0 Å². The molecule has 4 heteroatoms. The second kappa shape index (κ2) is 4.52. The first-order valence-electron chi connectivity index (χ1n) is 4.61. The predicted molar refractivity (Wildman–Crippen MR) is 56.4 cm³/mol. The van der Waals surface area contributed by atoms with E-state index in [0.717, 1.165) is 11.3 Å². The number of pyridine rings is 2. The number of rotatable bonds is 3. The number of aromatic nitrogens is 2. The van der Waals surface area contributed by atoms with Gasteiger partial charge in [0.15, 0.2) is 0 Å². The smallest absolute Gasteiger partial charge is 0.145 e. The molecule has 2 aromatic rings. The molecule has 15 heavy (non-hydrogen) atoms. The van der Waals surface area contributed by atoms with Gasteiger partial charge < -0.3 is 10.5 Å². The highest BCUT2D eigenvalue weighted by atomic mass is 16.5. The quantitative estimate of drug-likeness (QED) is 0.821. The predicted octanol–water partition coefficient (Wildman–Crippen LogP) is 1.73. The molecule has 0 saturated carbocycles. The maximum Gasteiger partial charge on any atom is 0.145 e. The molecule has 0 radical (unpaired) electrons. The van der Waals surface area contributed by atoms with Crippen LogP contribution in [0.25, 0.3) is 0 Å². The van der Waals surface area contributed by atoms with Gasteiger partial charge in [-0.3, -0.25) is 9.97 Å². The molecule has 4 nitrogen and oxygen atoms in total. The fourth-order valence-electron chi connectivity index (χ4n) is 1.20. The summed E-state index contributed by atoms with van der Waals surface area (Å²) in [4.78, 5) is 7.95. The number of nitrogens with zero attached hydrogens (tertiary/aromatic N) is 2. The fourth-order valence-corrected chi connectivity index (χ4v) is 1.20. The minimum absolute atomic E-state index is 0.406. The van der Waals surface area contributed by atoms with Crippen LogP contribution in [0, 0.1) is 0 Å². The molecule has 0 bridgehead atoms.